The van der Waals surface area contributed by atoms with Crippen molar-refractivity contribution in [2.75, 3.05) is 12.4 Å². The number of halogens is 3. The quantitative estimate of drug-likeness (QED) is 0.664. The predicted octanol–water partition coefficient (Wildman–Crippen LogP) is 5.14. The summed E-state index contributed by atoms with van der Waals surface area (Å²) < 4.78 is 19.5. The third kappa shape index (κ3) is 2.90. The molecule has 0 aliphatic heterocycles. The van der Waals surface area contributed by atoms with E-state index in [1.54, 1.807) is 7.11 Å². The summed E-state index contributed by atoms with van der Waals surface area (Å²) in [5, 5.41) is 3.71. The van der Waals surface area contributed by atoms with Crippen molar-refractivity contribution in [2.24, 2.45) is 0 Å². The fourth-order valence-corrected chi connectivity index (χ4v) is 2.57. The van der Waals surface area contributed by atoms with Crippen LogP contribution in [0.4, 0.5) is 15.9 Å². The van der Waals surface area contributed by atoms with Gasteiger partial charge in [-0.05, 0) is 30.7 Å². The molecule has 4 nitrogen and oxygen atoms in total. The maximum atomic E-state index is 14.2. The Balaban J connectivity index is 2.11. The molecule has 1 aromatic heterocycles. The van der Waals surface area contributed by atoms with Gasteiger partial charge in [0.05, 0.1) is 28.4 Å². The minimum absolute atomic E-state index is 0.132. The first-order valence-corrected chi connectivity index (χ1v) is 7.46. The van der Waals surface area contributed by atoms with Crippen LogP contribution in [-0.2, 0) is 0 Å². The average molecular weight is 352 g/mol. The first-order chi connectivity index (χ1) is 11.0. The van der Waals surface area contributed by atoms with E-state index in [2.05, 4.69) is 15.3 Å². The molecule has 0 radical (unpaired) electrons. The highest BCUT2D eigenvalue weighted by Gasteiger charge is 2.13. The van der Waals surface area contributed by atoms with Gasteiger partial charge in [0.15, 0.2) is 5.82 Å². The number of ether oxygens (including phenoxy) is 1. The zero-order valence-electron chi connectivity index (χ0n) is 12.3. The molecule has 0 aliphatic carbocycles. The molecular weight excluding hydrogens is 340 g/mol. The molecule has 1 N–H and O–H groups in total. The molecule has 23 heavy (non-hydrogen) atoms. The highest BCUT2D eigenvalue weighted by molar-refractivity contribution is 6.42. The second-order valence-electron chi connectivity index (χ2n) is 4.91. The SMILES string of the molecule is COc1cc2ncnc(Nc3ccc(Cl)c(Cl)c3F)c2cc1C. The molecule has 0 bridgehead atoms. The van der Waals surface area contributed by atoms with Crippen LogP contribution in [0.5, 0.6) is 5.75 Å². The molecule has 3 rings (SSSR count). The third-order valence-electron chi connectivity index (χ3n) is 3.44. The molecule has 2 aromatic carbocycles. The van der Waals surface area contributed by atoms with E-state index in [-0.39, 0.29) is 15.7 Å². The lowest BCUT2D eigenvalue weighted by atomic mass is 10.1. The smallest absolute Gasteiger partial charge is 0.166 e. The monoisotopic (exact) mass is 351 g/mol. The van der Waals surface area contributed by atoms with E-state index in [9.17, 15) is 4.39 Å². The van der Waals surface area contributed by atoms with Gasteiger partial charge in [-0.1, -0.05) is 23.2 Å². The van der Waals surface area contributed by atoms with Gasteiger partial charge in [0.1, 0.15) is 17.9 Å². The van der Waals surface area contributed by atoms with Gasteiger partial charge < -0.3 is 10.1 Å². The lowest BCUT2D eigenvalue weighted by Crippen LogP contribution is -1.99. The molecular formula is C16H12Cl2FN3O. The van der Waals surface area contributed by atoms with Crippen LogP contribution in [0.15, 0.2) is 30.6 Å². The van der Waals surface area contributed by atoms with Crippen LogP contribution in [0.2, 0.25) is 10.0 Å². The van der Waals surface area contributed by atoms with Gasteiger partial charge in [-0.2, -0.15) is 0 Å². The molecule has 0 saturated carbocycles. The normalized spacial score (nSPS) is 10.8. The molecule has 118 valence electrons. The fraction of sp³-hybridized carbons (Fsp3) is 0.125. The van der Waals surface area contributed by atoms with E-state index in [4.69, 9.17) is 27.9 Å². The maximum absolute atomic E-state index is 14.2. The molecule has 3 aromatic rings. The summed E-state index contributed by atoms with van der Waals surface area (Å²) in [6.07, 6.45) is 1.40. The van der Waals surface area contributed by atoms with Gasteiger partial charge >= 0.3 is 0 Å². The van der Waals surface area contributed by atoms with E-state index in [0.29, 0.717) is 11.3 Å². The first kappa shape index (κ1) is 15.8. The van der Waals surface area contributed by atoms with E-state index < -0.39 is 5.82 Å². The zero-order valence-corrected chi connectivity index (χ0v) is 13.8. The largest absolute Gasteiger partial charge is 0.496 e. The van der Waals surface area contributed by atoms with Crippen LogP contribution in [-0.4, -0.2) is 17.1 Å². The van der Waals surface area contributed by atoms with E-state index in [0.717, 1.165) is 16.7 Å². The lowest BCUT2D eigenvalue weighted by Gasteiger charge is -2.12. The summed E-state index contributed by atoms with van der Waals surface area (Å²) in [7, 11) is 1.60. The topological polar surface area (TPSA) is 47.0 Å². The van der Waals surface area contributed by atoms with Gasteiger partial charge in [0.25, 0.3) is 0 Å². The number of hydrogen-bond acceptors (Lipinski definition) is 4. The Bertz CT molecular complexity index is 902. The molecule has 1 heterocycles. The summed E-state index contributed by atoms with van der Waals surface area (Å²) in [6.45, 7) is 1.91. The number of methoxy groups -OCH3 is 1. The van der Waals surface area contributed by atoms with Crippen molar-refractivity contribution in [3.63, 3.8) is 0 Å². The highest BCUT2D eigenvalue weighted by atomic mass is 35.5. The van der Waals surface area contributed by atoms with Gasteiger partial charge in [-0.3, -0.25) is 0 Å². The van der Waals surface area contributed by atoms with Crippen molar-refractivity contribution in [3.05, 3.63) is 52.0 Å². The van der Waals surface area contributed by atoms with Crippen molar-refractivity contribution in [1.29, 1.82) is 0 Å². The predicted molar refractivity (Wildman–Crippen MR) is 90.5 cm³/mol. The highest BCUT2D eigenvalue weighted by Crippen LogP contribution is 2.33. The van der Waals surface area contributed by atoms with Crippen LogP contribution >= 0.6 is 23.2 Å². The summed E-state index contributed by atoms with van der Waals surface area (Å²) in [4.78, 5) is 8.40. The summed E-state index contributed by atoms with van der Waals surface area (Å²) in [5.74, 6) is 0.567. The molecule has 0 saturated heterocycles. The summed E-state index contributed by atoms with van der Waals surface area (Å²) >= 11 is 11.6. The number of aryl methyl sites for hydroxylation is 1. The standard InChI is InChI=1S/C16H12Cl2FN3O/c1-8-5-9-12(6-13(8)23-2)20-7-21-16(9)22-11-4-3-10(17)14(18)15(11)19/h3-7H,1-2H3,(H,20,21,22). The number of nitrogens with zero attached hydrogens (tertiary/aromatic N) is 2. The number of rotatable bonds is 3. The van der Waals surface area contributed by atoms with Crippen LogP contribution < -0.4 is 10.1 Å². The van der Waals surface area contributed by atoms with Crippen LogP contribution in [0.1, 0.15) is 5.56 Å². The van der Waals surface area contributed by atoms with Crippen LogP contribution in [0.3, 0.4) is 0 Å². The second kappa shape index (κ2) is 6.18. The Morgan fingerprint density at radius 1 is 1.17 bits per heavy atom. The van der Waals surface area contributed by atoms with Crippen molar-refractivity contribution in [2.45, 2.75) is 6.92 Å². The van der Waals surface area contributed by atoms with E-state index >= 15 is 0 Å². The van der Waals surface area contributed by atoms with E-state index in [1.165, 1.54) is 18.5 Å². The van der Waals surface area contributed by atoms with Gasteiger partial charge in [-0.25, -0.2) is 14.4 Å². The minimum Gasteiger partial charge on any atom is -0.496 e. The van der Waals surface area contributed by atoms with Crippen LogP contribution in [0.25, 0.3) is 10.9 Å². The molecule has 0 atom stereocenters. The lowest BCUT2D eigenvalue weighted by molar-refractivity contribution is 0.412. The van der Waals surface area contributed by atoms with Crippen molar-refractivity contribution >= 4 is 45.6 Å². The Morgan fingerprint density at radius 3 is 2.70 bits per heavy atom. The second-order valence-corrected chi connectivity index (χ2v) is 5.69. The van der Waals surface area contributed by atoms with E-state index in [1.807, 2.05) is 19.1 Å². The maximum Gasteiger partial charge on any atom is 0.166 e. The number of anilines is 2. The minimum atomic E-state index is -0.629. The van der Waals surface area contributed by atoms with Crippen molar-refractivity contribution in [3.8, 4) is 5.75 Å². The number of hydrogen-bond donors (Lipinski definition) is 1. The van der Waals surface area contributed by atoms with Crippen molar-refractivity contribution < 1.29 is 9.13 Å². The van der Waals surface area contributed by atoms with Gasteiger partial charge in [0, 0.05) is 11.5 Å². The number of benzene rings is 2. The Labute approximate surface area is 142 Å². The van der Waals surface area contributed by atoms with Gasteiger partial charge in [0.2, 0.25) is 0 Å². The zero-order chi connectivity index (χ0) is 16.6. The van der Waals surface area contributed by atoms with Crippen molar-refractivity contribution in [1.82, 2.24) is 9.97 Å². The number of aromatic nitrogens is 2. The number of nitrogens with one attached hydrogen (secondary N) is 1. The third-order valence-corrected chi connectivity index (χ3v) is 4.22. The summed E-state index contributed by atoms with van der Waals surface area (Å²) in [5.41, 5.74) is 1.80. The van der Waals surface area contributed by atoms with Gasteiger partial charge in [-0.15, -0.1) is 0 Å². The molecule has 0 fully saturated rings. The number of fused-ring (bicyclic) bond motifs is 1. The average Bonchev–Trinajstić information content (AvgIpc) is 2.55. The molecule has 0 aliphatic rings. The Hall–Kier alpha value is -2.11. The fourth-order valence-electron chi connectivity index (χ4n) is 2.26. The molecule has 0 spiro atoms. The Kier molecular flexibility index (Phi) is 4.24. The summed E-state index contributed by atoms with van der Waals surface area (Å²) in [6, 6.07) is 6.72. The van der Waals surface area contributed by atoms with Crippen LogP contribution in [0, 0.1) is 12.7 Å². The Morgan fingerprint density at radius 2 is 1.96 bits per heavy atom. The first-order valence-electron chi connectivity index (χ1n) is 6.71. The molecule has 7 heteroatoms. The molecule has 0 amide bonds. The molecule has 0 unspecified atom stereocenters.